The summed E-state index contributed by atoms with van der Waals surface area (Å²) < 4.78 is 5.68. The molecule has 0 radical (unpaired) electrons. The molecule has 1 fully saturated rings. The van der Waals surface area contributed by atoms with Gasteiger partial charge in [0.1, 0.15) is 6.10 Å². The number of esters is 1. The highest BCUT2D eigenvalue weighted by Gasteiger charge is 2.35. The Morgan fingerprint density at radius 2 is 2.09 bits per heavy atom. The van der Waals surface area contributed by atoms with E-state index < -0.39 is 11.9 Å². The first-order valence-corrected chi connectivity index (χ1v) is 8.10. The highest BCUT2D eigenvalue weighted by molar-refractivity contribution is 6.01. The van der Waals surface area contributed by atoms with Crippen molar-refractivity contribution in [3.05, 3.63) is 11.3 Å². The summed E-state index contributed by atoms with van der Waals surface area (Å²) in [5, 5.41) is 9.21. The van der Waals surface area contributed by atoms with E-state index in [1.807, 2.05) is 0 Å². The van der Waals surface area contributed by atoms with E-state index in [9.17, 15) is 14.7 Å². The second-order valence-electron chi connectivity index (χ2n) is 6.75. The van der Waals surface area contributed by atoms with E-state index in [-0.39, 0.29) is 17.4 Å². The number of ether oxygens (including phenoxy) is 1. The molecule has 0 amide bonds. The molecule has 1 saturated carbocycles. The van der Waals surface area contributed by atoms with Gasteiger partial charge in [0.15, 0.2) is 5.70 Å². The molecular formula is C17H25NO4. The van der Waals surface area contributed by atoms with Gasteiger partial charge in [-0.3, -0.25) is 4.99 Å². The Bertz CT molecular complexity index is 507. The molecule has 1 aliphatic heterocycles. The number of carboxylic acids is 1. The van der Waals surface area contributed by atoms with E-state index >= 15 is 0 Å². The molecule has 5 nitrogen and oxygen atoms in total. The fourth-order valence-electron chi connectivity index (χ4n) is 3.39. The lowest BCUT2D eigenvalue weighted by molar-refractivity contribution is -0.151. The number of carbonyl (C=O) groups excluding carboxylic acids is 1. The summed E-state index contributed by atoms with van der Waals surface area (Å²) in [4.78, 5) is 27.6. The van der Waals surface area contributed by atoms with Crippen LogP contribution in [0.4, 0.5) is 0 Å². The van der Waals surface area contributed by atoms with Crippen LogP contribution in [-0.4, -0.2) is 29.4 Å². The second-order valence-corrected chi connectivity index (χ2v) is 6.75. The summed E-state index contributed by atoms with van der Waals surface area (Å²) >= 11 is 0. The number of hydrogen-bond acceptors (Lipinski definition) is 4. The van der Waals surface area contributed by atoms with Gasteiger partial charge in [0.25, 0.3) is 0 Å². The van der Waals surface area contributed by atoms with Crippen molar-refractivity contribution < 1.29 is 19.4 Å². The first-order valence-electron chi connectivity index (χ1n) is 8.10. The Hall–Kier alpha value is -1.65. The third-order valence-electron chi connectivity index (χ3n) is 4.70. The van der Waals surface area contributed by atoms with Gasteiger partial charge >= 0.3 is 11.9 Å². The van der Waals surface area contributed by atoms with Crippen molar-refractivity contribution >= 4 is 18.2 Å². The average molecular weight is 307 g/mol. The van der Waals surface area contributed by atoms with Crippen molar-refractivity contribution in [2.24, 2.45) is 22.7 Å². The standard InChI is InChI=1S/C17H25NO4/c1-10(2)12-7-6-11(3)9-14(12)22-17(21)15-13(16(19)20)5-4-8-18-15/h8,10-12,14H,4-7,9H2,1-3H3,(H,19,20). The smallest absolute Gasteiger partial charge is 0.357 e. The van der Waals surface area contributed by atoms with Crippen LogP contribution in [0.5, 0.6) is 0 Å². The van der Waals surface area contributed by atoms with Gasteiger partial charge < -0.3 is 9.84 Å². The van der Waals surface area contributed by atoms with Gasteiger partial charge in [0.05, 0.1) is 5.57 Å². The van der Waals surface area contributed by atoms with Crippen LogP contribution in [0.15, 0.2) is 16.3 Å². The minimum absolute atomic E-state index is 0.0283. The topological polar surface area (TPSA) is 76.0 Å². The van der Waals surface area contributed by atoms with E-state index in [0.29, 0.717) is 30.6 Å². The number of hydrogen-bond donors (Lipinski definition) is 1. The molecule has 1 heterocycles. The Labute approximate surface area is 131 Å². The number of carbonyl (C=O) groups is 2. The van der Waals surface area contributed by atoms with Crippen LogP contribution >= 0.6 is 0 Å². The van der Waals surface area contributed by atoms with Crippen molar-refractivity contribution in [2.45, 2.75) is 59.0 Å². The summed E-state index contributed by atoms with van der Waals surface area (Å²) in [7, 11) is 0. The van der Waals surface area contributed by atoms with Gasteiger partial charge in [-0.15, -0.1) is 0 Å². The molecular weight excluding hydrogens is 282 g/mol. The third kappa shape index (κ3) is 3.76. The molecule has 22 heavy (non-hydrogen) atoms. The van der Waals surface area contributed by atoms with Crippen LogP contribution in [0.2, 0.25) is 0 Å². The molecule has 122 valence electrons. The molecule has 1 aliphatic carbocycles. The van der Waals surface area contributed by atoms with Crippen molar-refractivity contribution in [1.82, 2.24) is 0 Å². The van der Waals surface area contributed by atoms with Crippen LogP contribution in [0, 0.1) is 17.8 Å². The van der Waals surface area contributed by atoms with Crippen LogP contribution < -0.4 is 0 Å². The minimum Gasteiger partial charge on any atom is -0.478 e. The van der Waals surface area contributed by atoms with E-state index in [0.717, 1.165) is 19.3 Å². The molecule has 0 saturated heterocycles. The van der Waals surface area contributed by atoms with E-state index in [1.54, 1.807) is 6.21 Å². The molecule has 3 atom stereocenters. The van der Waals surface area contributed by atoms with Crippen LogP contribution in [-0.2, 0) is 14.3 Å². The maximum absolute atomic E-state index is 12.4. The molecule has 0 bridgehead atoms. The Morgan fingerprint density at radius 1 is 1.36 bits per heavy atom. The second kappa shape index (κ2) is 7.07. The quantitative estimate of drug-likeness (QED) is 0.809. The average Bonchev–Trinajstić information content (AvgIpc) is 2.46. The Kier molecular flexibility index (Phi) is 5.37. The SMILES string of the molecule is CC1CCC(C(C)C)C(OC(=O)C2=C(C(=O)O)CCC=N2)C1. The normalized spacial score (nSPS) is 28.8. The van der Waals surface area contributed by atoms with Crippen LogP contribution in [0.1, 0.15) is 52.9 Å². The van der Waals surface area contributed by atoms with Crippen molar-refractivity contribution in [3.63, 3.8) is 0 Å². The number of aliphatic carboxylic acids is 1. The molecule has 1 N–H and O–H groups in total. The highest BCUT2D eigenvalue weighted by atomic mass is 16.5. The third-order valence-corrected chi connectivity index (χ3v) is 4.70. The van der Waals surface area contributed by atoms with E-state index in [1.165, 1.54) is 0 Å². The van der Waals surface area contributed by atoms with Crippen LogP contribution in [0.3, 0.4) is 0 Å². The largest absolute Gasteiger partial charge is 0.478 e. The monoisotopic (exact) mass is 307 g/mol. The van der Waals surface area contributed by atoms with Gasteiger partial charge in [0.2, 0.25) is 0 Å². The molecule has 0 aromatic heterocycles. The van der Waals surface area contributed by atoms with Crippen molar-refractivity contribution in [1.29, 1.82) is 0 Å². The number of aliphatic imine (C=N–C) groups is 1. The fraction of sp³-hybridized carbons (Fsp3) is 0.706. The Morgan fingerprint density at radius 3 is 2.73 bits per heavy atom. The predicted molar refractivity (Wildman–Crippen MR) is 83.6 cm³/mol. The van der Waals surface area contributed by atoms with Gasteiger partial charge in [-0.2, -0.15) is 0 Å². The first-order chi connectivity index (χ1) is 10.4. The summed E-state index contributed by atoms with van der Waals surface area (Å²) in [5.74, 6) is -0.371. The van der Waals surface area contributed by atoms with E-state index in [4.69, 9.17) is 4.74 Å². The molecule has 2 rings (SSSR count). The zero-order valence-corrected chi connectivity index (χ0v) is 13.5. The summed E-state index contributed by atoms with van der Waals surface area (Å²) in [6, 6.07) is 0. The maximum Gasteiger partial charge on any atom is 0.357 e. The number of nitrogens with zero attached hydrogens (tertiary/aromatic N) is 1. The maximum atomic E-state index is 12.4. The summed E-state index contributed by atoms with van der Waals surface area (Å²) in [6.07, 6.45) is 5.37. The molecule has 0 aromatic carbocycles. The summed E-state index contributed by atoms with van der Waals surface area (Å²) in [6.45, 7) is 6.45. The molecule has 2 aliphatic rings. The summed E-state index contributed by atoms with van der Waals surface area (Å²) in [5.41, 5.74) is 0.0388. The zero-order chi connectivity index (χ0) is 16.3. The van der Waals surface area contributed by atoms with Crippen molar-refractivity contribution in [3.8, 4) is 0 Å². The Balaban J connectivity index is 2.15. The fourth-order valence-corrected chi connectivity index (χ4v) is 3.39. The molecule has 0 spiro atoms. The lowest BCUT2D eigenvalue weighted by Gasteiger charge is -2.36. The van der Waals surface area contributed by atoms with Gasteiger partial charge in [-0.1, -0.05) is 27.2 Å². The van der Waals surface area contributed by atoms with Crippen molar-refractivity contribution in [2.75, 3.05) is 0 Å². The molecule has 0 aromatic rings. The minimum atomic E-state index is -1.08. The predicted octanol–water partition coefficient (Wildman–Crippen LogP) is 3.19. The van der Waals surface area contributed by atoms with Gasteiger partial charge in [-0.05, 0) is 43.4 Å². The first kappa shape index (κ1) is 16.7. The van der Waals surface area contributed by atoms with E-state index in [2.05, 4.69) is 25.8 Å². The van der Waals surface area contributed by atoms with Gasteiger partial charge in [0, 0.05) is 6.21 Å². The molecule has 3 unspecified atom stereocenters. The molecule has 5 heteroatoms. The highest BCUT2D eigenvalue weighted by Crippen LogP contribution is 2.36. The zero-order valence-electron chi connectivity index (χ0n) is 13.5. The lowest BCUT2D eigenvalue weighted by Crippen LogP contribution is -2.36. The number of carboxylic acid groups (broad SMARTS) is 1. The number of rotatable bonds is 4. The van der Waals surface area contributed by atoms with Gasteiger partial charge in [-0.25, -0.2) is 9.59 Å². The van der Waals surface area contributed by atoms with Crippen LogP contribution in [0.25, 0.3) is 0 Å². The lowest BCUT2D eigenvalue weighted by atomic mass is 9.75.